The van der Waals surface area contributed by atoms with E-state index in [1.54, 1.807) is 0 Å². The standard InChI is InChI=1S/C9H11N3O5S/c1-5(13)6-7(14)12-4-18(16)3-9(12,11-10-6)8(15)17-2/h13H,3-4H2,1-2H3/b6-5+/t9-,18-/m0/s1. The van der Waals surface area contributed by atoms with Crippen LogP contribution in [-0.2, 0) is 25.1 Å². The second-order valence-corrected chi connectivity index (χ2v) is 5.32. The molecule has 0 saturated carbocycles. The predicted octanol–water partition coefficient (Wildman–Crippen LogP) is -0.341. The van der Waals surface area contributed by atoms with Crippen molar-refractivity contribution in [2.24, 2.45) is 10.2 Å². The van der Waals surface area contributed by atoms with Gasteiger partial charge in [0.25, 0.3) is 11.6 Å². The SMILES string of the molecule is COC(=O)[C@]12C[S@](=O)CN1C(=O)/C(=C(/C)O)N=N2. The van der Waals surface area contributed by atoms with Crippen LogP contribution < -0.4 is 0 Å². The van der Waals surface area contributed by atoms with Gasteiger partial charge in [-0.15, -0.1) is 10.2 Å². The maximum atomic E-state index is 12.0. The highest BCUT2D eigenvalue weighted by molar-refractivity contribution is 7.85. The quantitative estimate of drug-likeness (QED) is 0.399. The molecule has 1 saturated heterocycles. The van der Waals surface area contributed by atoms with E-state index in [2.05, 4.69) is 15.0 Å². The van der Waals surface area contributed by atoms with Crippen molar-refractivity contribution in [3.63, 3.8) is 0 Å². The van der Waals surface area contributed by atoms with Gasteiger partial charge in [-0.3, -0.25) is 13.9 Å². The van der Waals surface area contributed by atoms with Gasteiger partial charge >= 0.3 is 5.97 Å². The van der Waals surface area contributed by atoms with Gasteiger partial charge in [0.15, 0.2) is 5.70 Å². The molecule has 0 radical (unpaired) electrons. The first kappa shape index (κ1) is 12.7. The van der Waals surface area contributed by atoms with Crippen LogP contribution in [0.25, 0.3) is 0 Å². The van der Waals surface area contributed by atoms with E-state index >= 15 is 0 Å². The first-order valence-electron chi connectivity index (χ1n) is 5.00. The van der Waals surface area contributed by atoms with E-state index in [1.165, 1.54) is 6.92 Å². The number of aliphatic hydroxyl groups is 1. The third-order valence-corrected chi connectivity index (χ3v) is 3.97. The van der Waals surface area contributed by atoms with Crippen LogP contribution in [-0.4, -0.2) is 50.5 Å². The van der Waals surface area contributed by atoms with Crippen LogP contribution in [0.4, 0.5) is 0 Å². The molecule has 2 rings (SSSR count). The lowest BCUT2D eigenvalue weighted by Crippen LogP contribution is -2.56. The van der Waals surface area contributed by atoms with Crippen molar-refractivity contribution in [3.8, 4) is 0 Å². The van der Waals surface area contributed by atoms with Gasteiger partial charge in [0.05, 0.1) is 12.9 Å². The molecule has 8 nitrogen and oxygen atoms in total. The Labute approximate surface area is 105 Å². The number of carbonyl (C=O) groups is 2. The molecule has 0 aromatic rings. The van der Waals surface area contributed by atoms with Gasteiger partial charge in [0.1, 0.15) is 11.6 Å². The molecule has 0 aromatic carbocycles. The van der Waals surface area contributed by atoms with Crippen LogP contribution in [0, 0.1) is 0 Å². The fourth-order valence-electron chi connectivity index (χ4n) is 1.81. The lowest BCUT2D eigenvalue weighted by atomic mass is 10.1. The Balaban J connectivity index is 2.55. The average Bonchev–Trinajstić information content (AvgIpc) is 2.66. The van der Waals surface area contributed by atoms with Crippen molar-refractivity contribution >= 4 is 22.7 Å². The van der Waals surface area contributed by atoms with Crippen LogP contribution in [0.3, 0.4) is 0 Å². The zero-order chi connectivity index (χ0) is 13.5. The van der Waals surface area contributed by atoms with E-state index in [4.69, 9.17) is 0 Å². The largest absolute Gasteiger partial charge is 0.510 e. The Morgan fingerprint density at radius 2 is 2.28 bits per heavy atom. The number of azo groups is 1. The van der Waals surface area contributed by atoms with E-state index < -0.39 is 28.3 Å². The second kappa shape index (κ2) is 4.16. The summed E-state index contributed by atoms with van der Waals surface area (Å²) in [7, 11) is -0.255. The molecule has 2 heterocycles. The number of carbonyl (C=O) groups excluding carboxylic acids is 2. The van der Waals surface area contributed by atoms with Crippen LogP contribution in [0.1, 0.15) is 6.92 Å². The molecule has 0 aromatic heterocycles. The summed E-state index contributed by atoms with van der Waals surface area (Å²) in [5.74, 6) is -2.06. The number of rotatable bonds is 1. The van der Waals surface area contributed by atoms with Crippen molar-refractivity contribution < 1.29 is 23.6 Å². The van der Waals surface area contributed by atoms with Gasteiger partial charge < -0.3 is 9.84 Å². The molecule has 0 unspecified atom stereocenters. The fourth-order valence-corrected chi connectivity index (χ4v) is 3.30. The highest BCUT2D eigenvalue weighted by Crippen LogP contribution is 2.34. The number of fused-ring (bicyclic) bond motifs is 1. The van der Waals surface area contributed by atoms with Gasteiger partial charge in [-0.2, -0.15) is 0 Å². The summed E-state index contributed by atoms with van der Waals surface area (Å²) in [6.45, 7) is 1.28. The molecule has 0 spiro atoms. The molecule has 2 aliphatic rings. The summed E-state index contributed by atoms with van der Waals surface area (Å²) < 4.78 is 16.2. The molecule has 1 fully saturated rings. The third-order valence-electron chi connectivity index (χ3n) is 2.70. The average molecular weight is 273 g/mol. The Kier molecular flexibility index (Phi) is 2.93. The number of amides is 1. The topological polar surface area (TPSA) is 109 Å². The Hall–Kier alpha value is -1.77. The normalized spacial score (nSPS) is 33.3. The van der Waals surface area contributed by atoms with Crippen LogP contribution in [0.5, 0.6) is 0 Å². The van der Waals surface area contributed by atoms with Crippen molar-refractivity contribution in [1.29, 1.82) is 0 Å². The molecule has 2 atom stereocenters. The summed E-state index contributed by atoms with van der Waals surface area (Å²) in [5, 5.41) is 16.6. The van der Waals surface area contributed by atoms with Crippen LogP contribution in [0.2, 0.25) is 0 Å². The summed E-state index contributed by atoms with van der Waals surface area (Å²) in [4.78, 5) is 24.8. The van der Waals surface area contributed by atoms with E-state index in [0.717, 1.165) is 12.0 Å². The maximum absolute atomic E-state index is 12.0. The molecule has 2 aliphatic heterocycles. The Morgan fingerprint density at radius 3 is 2.83 bits per heavy atom. The second-order valence-electron chi connectivity index (χ2n) is 3.89. The highest BCUT2D eigenvalue weighted by Gasteiger charge is 2.57. The van der Waals surface area contributed by atoms with Gasteiger partial charge in [0.2, 0.25) is 0 Å². The fraction of sp³-hybridized carbons (Fsp3) is 0.556. The minimum Gasteiger partial charge on any atom is -0.510 e. The number of esters is 1. The number of ether oxygens (including phenoxy) is 1. The Bertz CT molecular complexity index is 510. The number of hydrogen-bond donors (Lipinski definition) is 1. The number of nitrogens with zero attached hydrogens (tertiary/aromatic N) is 3. The van der Waals surface area contributed by atoms with E-state index in [0.29, 0.717) is 0 Å². The van der Waals surface area contributed by atoms with Crippen LogP contribution in [0.15, 0.2) is 21.7 Å². The third kappa shape index (κ3) is 1.62. The van der Waals surface area contributed by atoms with Crippen molar-refractivity contribution in [2.45, 2.75) is 12.6 Å². The number of hydrogen-bond acceptors (Lipinski definition) is 7. The van der Waals surface area contributed by atoms with Crippen molar-refractivity contribution in [1.82, 2.24) is 4.90 Å². The van der Waals surface area contributed by atoms with E-state index in [1.807, 2.05) is 0 Å². The zero-order valence-electron chi connectivity index (χ0n) is 9.74. The summed E-state index contributed by atoms with van der Waals surface area (Å²) >= 11 is 0. The summed E-state index contributed by atoms with van der Waals surface area (Å²) in [6.07, 6.45) is 0. The molecule has 0 bridgehead atoms. The van der Waals surface area contributed by atoms with E-state index in [9.17, 15) is 18.9 Å². The molecule has 98 valence electrons. The van der Waals surface area contributed by atoms with Crippen molar-refractivity contribution in [3.05, 3.63) is 11.5 Å². The molecule has 18 heavy (non-hydrogen) atoms. The van der Waals surface area contributed by atoms with Gasteiger partial charge in [-0.05, 0) is 6.92 Å². The lowest BCUT2D eigenvalue weighted by molar-refractivity contribution is -0.158. The minimum absolute atomic E-state index is 0.135. The molecule has 0 aliphatic carbocycles. The number of allylic oxidation sites excluding steroid dienone is 1. The number of aliphatic hydroxyl groups excluding tert-OH is 1. The van der Waals surface area contributed by atoms with E-state index in [-0.39, 0.29) is 23.1 Å². The molecule has 1 N–H and O–H groups in total. The highest BCUT2D eigenvalue weighted by atomic mass is 32.2. The summed E-state index contributed by atoms with van der Waals surface area (Å²) in [5.41, 5.74) is -1.91. The summed E-state index contributed by atoms with van der Waals surface area (Å²) in [6, 6.07) is 0. The maximum Gasteiger partial charge on any atom is 0.357 e. The monoisotopic (exact) mass is 273 g/mol. The Morgan fingerprint density at radius 1 is 1.61 bits per heavy atom. The molecule has 1 amide bonds. The lowest BCUT2D eigenvalue weighted by Gasteiger charge is -2.32. The van der Waals surface area contributed by atoms with Gasteiger partial charge in [-0.1, -0.05) is 0 Å². The van der Waals surface area contributed by atoms with Crippen LogP contribution >= 0.6 is 0 Å². The first-order valence-corrected chi connectivity index (χ1v) is 6.49. The first-order chi connectivity index (χ1) is 8.42. The van der Waals surface area contributed by atoms with Crippen molar-refractivity contribution in [2.75, 3.05) is 18.7 Å². The minimum atomic E-state index is -1.66. The molecular weight excluding hydrogens is 262 g/mol. The predicted molar refractivity (Wildman–Crippen MR) is 59.7 cm³/mol. The van der Waals surface area contributed by atoms with Gasteiger partial charge in [0, 0.05) is 10.8 Å². The zero-order valence-corrected chi connectivity index (χ0v) is 10.6. The molecule has 9 heteroatoms. The molecular formula is C9H11N3O5S. The van der Waals surface area contributed by atoms with Gasteiger partial charge in [-0.25, -0.2) is 4.79 Å². The number of methoxy groups -OCH3 is 1. The smallest absolute Gasteiger partial charge is 0.357 e.